The SMILES string of the molecule is CCCc1c(C=O)n(C(C)C)c(=O)n1Cc1ccc(-c2ccccc2-c2nn[nH]n2)cc1. The molecule has 0 aliphatic carbocycles. The molecule has 1 N–H and O–H groups in total. The molecule has 0 amide bonds. The Morgan fingerprint density at radius 3 is 2.38 bits per heavy atom. The van der Waals surface area contributed by atoms with Crippen molar-refractivity contribution in [3.63, 3.8) is 0 Å². The van der Waals surface area contributed by atoms with Gasteiger partial charge in [0.2, 0.25) is 5.82 Å². The van der Waals surface area contributed by atoms with Crippen molar-refractivity contribution in [1.82, 2.24) is 29.8 Å². The fraction of sp³-hybridized carbons (Fsp3) is 0.292. The Morgan fingerprint density at radius 1 is 1.06 bits per heavy atom. The average Bonchev–Trinajstić information content (AvgIpc) is 3.42. The highest BCUT2D eigenvalue weighted by molar-refractivity contribution is 5.80. The van der Waals surface area contributed by atoms with Gasteiger partial charge in [-0.25, -0.2) is 4.79 Å². The lowest BCUT2D eigenvalue weighted by Gasteiger charge is -2.10. The molecule has 164 valence electrons. The predicted molar refractivity (Wildman–Crippen MR) is 123 cm³/mol. The number of tetrazole rings is 1. The third-order valence-electron chi connectivity index (χ3n) is 5.55. The number of H-pyrrole nitrogens is 1. The van der Waals surface area contributed by atoms with Gasteiger partial charge in [-0.3, -0.25) is 13.9 Å². The minimum atomic E-state index is -0.142. The molecular weight excluding hydrogens is 404 g/mol. The maximum Gasteiger partial charge on any atom is 0.329 e. The van der Waals surface area contributed by atoms with Crippen molar-refractivity contribution in [3.05, 3.63) is 76.0 Å². The molecule has 8 nitrogen and oxygen atoms in total. The molecule has 4 rings (SSSR count). The van der Waals surface area contributed by atoms with Gasteiger partial charge in [0.15, 0.2) is 6.29 Å². The first kappa shape index (κ1) is 21.4. The molecule has 2 aromatic carbocycles. The summed E-state index contributed by atoms with van der Waals surface area (Å²) < 4.78 is 3.32. The van der Waals surface area contributed by atoms with Crippen LogP contribution in [0.5, 0.6) is 0 Å². The summed E-state index contributed by atoms with van der Waals surface area (Å²) in [5, 5.41) is 14.4. The quantitative estimate of drug-likeness (QED) is 0.428. The zero-order valence-electron chi connectivity index (χ0n) is 18.4. The molecule has 0 spiro atoms. The summed E-state index contributed by atoms with van der Waals surface area (Å²) in [6.07, 6.45) is 2.34. The monoisotopic (exact) mass is 430 g/mol. The molecule has 0 fully saturated rings. The first-order valence-electron chi connectivity index (χ1n) is 10.8. The third kappa shape index (κ3) is 3.91. The molecule has 32 heavy (non-hydrogen) atoms. The summed E-state index contributed by atoms with van der Waals surface area (Å²) in [6.45, 7) is 6.31. The van der Waals surface area contributed by atoms with E-state index in [1.54, 1.807) is 9.13 Å². The van der Waals surface area contributed by atoms with Crippen LogP contribution in [0, 0.1) is 0 Å². The van der Waals surface area contributed by atoms with Crippen molar-refractivity contribution in [2.45, 2.75) is 46.2 Å². The van der Waals surface area contributed by atoms with Gasteiger partial charge in [0, 0.05) is 11.6 Å². The van der Waals surface area contributed by atoms with Gasteiger partial charge in [-0.2, -0.15) is 5.21 Å². The number of nitrogens with one attached hydrogen (secondary N) is 1. The van der Waals surface area contributed by atoms with Gasteiger partial charge >= 0.3 is 5.69 Å². The Bertz CT molecular complexity index is 1270. The zero-order chi connectivity index (χ0) is 22.7. The van der Waals surface area contributed by atoms with E-state index in [1.165, 1.54) is 0 Å². The number of hydrogen-bond acceptors (Lipinski definition) is 5. The summed E-state index contributed by atoms with van der Waals surface area (Å²) in [7, 11) is 0. The van der Waals surface area contributed by atoms with E-state index >= 15 is 0 Å². The number of carbonyl (C=O) groups excluding carboxylic acids is 1. The van der Waals surface area contributed by atoms with E-state index in [9.17, 15) is 9.59 Å². The molecule has 0 bridgehead atoms. The van der Waals surface area contributed by atoms with Crippen LogP contribution in [0.1, 0.15) is 55.0 Å². The Kier molecular flexibility index (Phi) is 6.11. The number of nitrogens with zero attached hydrogens (tertiary/aromatic N) is 5. The maximum absolute atomic E-state index is 13.1. The first-order valence-corrected chi connectivity index (χ1v) is 10.8. The van der Waals surface area contributed by atoms with Crippen molar-refractivity contribution in [2.24, 2.45) is 0 Å². The molecular formula is C24H26N6O2. The standard InChI is InChI=1S/C24H26N6O2/c1-4-7-21-22(15-31)30(16(2)3)24(32)29(21)14-17-10-12-18(13-11-17)19-8-5-6-9-20(19)23-25-27-28-26-23/h5-6,8-13,15-16H,4,7,14H2,1-3H3,(H,25,26,27,28). The minimum Gasteiger partial charge on any atom is -0.296 e. The molecule has 0 aliphatic rings. The fourth-order valence-corrected chi connectivity index (χ4v) is 4.09. The summed E-state index contributed by atoms with van der Waals surface area (Å²) in [5.74, 6) is 0.539. The summed E-state index contributed by atoms with van der Waals surface area (Å²) >= 11 is 0. The summed E-state index contributed by atoms with van der Waals surface area (Å²) in [4.78, 5) is 24.9. The van der Waals surface area contributed by atoms with E-state index in [1.807, 2.05) is 69.3 Å². The second-order valence-corrected chi connectivity index (χ2v) is 8.01. The van der Waals surface area contributed by atoms with Crippen LogP contribution >= 0.6 is 0 Å². The number of hydrogen-bond donors (Lipinski definition) is 1. The number of imidazole rings is 1. The second-order valence-electron chi connectivity index (χ2n) is 8.01. The Morgan fingerprint density at radius 2 is 1.78 bits per heavy atom. The number of carbonyl (C=O) groups is 1. The van der Waals surface area contributed by atoms with Crippen LogP contribution in [0.4, 0.5) is 0 Å². The van der Waals surface area contributed by atoms with Crippen LogP contribution < -0.4 is 5.69 Å². The van der Waals surface area contributed by atoms with E-state index in [0.717, 1.165) is 40.7 Å². The van der Waals surface area contributed by atoms with Crippen LogP contribution in [-0.2, 0) is 13.0 Å². The van der Waals surface area contributed by atoms with Gasteiger partial charge in [0.25, 0.3) is 0 Å². The van der Waals surface area contributed by atoms with Crippen molar-refractivity contribution in [1.29, 1.82) is 0 Å². The average molecular weight is 431 g/mol. The second kappa shape index (κ2) is 9.13. The molecule has 0 saturated carbocycles. The Balaban J connectivity index is 1.69. The summed E-state index contributed by atoms with van der Waals surface area (Å²) in [5.41, 5.74) is 5.04. The van der Waals surface area contributed by atoms with Crippen LogP contribution in [-0.4, -0.2) is 36.0 Å². The zero-order valence-corrected chi connectivity index (χ0v) is 18.4. The number of benzene rings is 2. The van der Waals surface area contributed by atoms with E-state index in [4.69, 9.17) is 0 Å². The van der Waals surface area contributed by atoms with Crippen molar-refractivity contribution in [2.75, 3.05) is 0 Å². The molecule has 0 unspecified atom stereocenters. The third-order valence-corrected chi connectivity index (χ3v) is 5.55. The lowest BCUT2D eigenvalue weighted by atomic mass is 9.98. The topological polar surface area (TPSA) is 98.5 Å². The highest BCUT2D eigenvalue weighted by atomic mass is 16.2. The molecule has 0 atom stereocenters. The van der Waals surface area contributed by atoms with Crippen LogP contribution in [0.3, 0.4) is 0 Å². The lowest BCUT2D eigenvalue weighted by Crippen LogP contribution is -2.27. The molecule has 2 heterocycles. The highest BCUT2D eigenvalue weighted by Crippen LogP contribution is 2.29. The van der Waals surface area contributed by atoms with Crippen LogP contribution in [0.2, 0.25) is 0 Å². The van der Waals surface area contributed by atoms with Gasteiger partial charge in [0.1, 0.15) is 5.69 Å². The van der Waals surface area contributed by atoms with Crippen LogP contribution in [0.15, 0.2) is 53.3 Å². The van der Waals surface area contributed by atoms with Crippen molar-refractivity contribution < 1.29 is 4.79 Å². The smallest absolute Gasteiger partial charge is 0.296 e. The fourth-order valence-electron chi connectivity index (χ4n) is 4.09. The Labute approximate surface area is 185 Å². The Hall–Kier alpha value is -3.81. The van der Waals surface area contributed by atoms with E-state index < -0.39 is 0 Å². The van der Waals surface area contributed by atoms with E-state index in [2.05, 4.69) is 20.6 Å². The number of rotatable bonds is 8. The molecule has 0 radical (unpaired) electrons. The largest absolute Gasteiger partial charge is 0.329 e. The van der Waals surface area contributed by atoms with Gasteiger partial charge in [-0.05, 0) is 42.2 Å². The lowest BCUT2D eigenvalue weighted by molar-refractivity contribution is 0.111. The van der Waals surface area contributed by atoms with Gasteiger partial charge < -0.3 is 0 Å². The number of aromatic amines is 1. The molecule has 0 saturated heterocycles. The van der Waals surface area contributed by atoms with Crippen LogP contribution in [0.25, 0.3) is 22.5 Å². The summed E-state index contributed by atoms with van der Waals surface area (Å²) in [6, 6.07) is 15.9. The van der Waals surface area contributed by atoms with Gasteiger partial charge in [-0.15, -0.1) is 10.2 Å². The van der Waals surface area contributed by atoms with Crippen molar-refractivity contribution >= 4 is 6.29 Å². The van der Waals surface area contributed by atoms with E-state index in [0.29, 0.717) is 24.5 Å². The molecule has 0 aliphatic heterocycles. The predicted octanol–water partition coefficient (Wildman–Crippen LogP) is 3.89. The molecule has 2 aromatic heterocycles. The molecule has 4 aromatic rings. The van der Waals surface area contributed by atoms with Crippen molar-refractivity contribution in [3.8, 4) is 22.5 Å². The van der Waals surface area contributed by atoms with Gasteiger partial charge in [0.05, 0.1) is 12.2 Å². The first-order chi connectivity index (χ1) is 15.5. The molecule has 8 heteroatoms. The van der Waals surface area contributed by atoms with Gasteiger partial charge in [-0.1, -0.05) is 61.9 Å². The minimum absolute atomic E-state index is 0.0800. The highest BCUT2D eigenvalue weighted by Gasteiger charge is 2.20. The number of aromatic nitrogens is 6. The number of aldehydes is 1. The normalized spacial score (nSPS) is 11.2. The maximum atomic E-state index is 13.1. The van der Waals surface area contributed by atoms with E-state index in [-0.39, 0.29) is 11.7 Å².